The van der Waals surface area contributed by atoms with E-state index >= 15 is 0 Å². The zero-order valence-electron chi connectivity index (χ0n) is 8.44. The van der Waals surface area contributed by atoms with Gasteiger partial charge in [0.1, 0.15) is 0 Å². The van der Waals surface area contributed by atoms with Gasteiger partial charge in [-0.3, -0.25) is 4.79 Å². The molecular weight excluding hydrogens is 235 g/mol. The first-order valence-corrected chi connectivity index (χ1v) is 4.61. The third-order valence-corrected chi connectivity index (χ3v) is 2.51. The van der Waals surface area contributed by atoms with E-state index in [-0.39, 0.29) is 19.1 Å². The highest BCUT2D eigenvalue weighted by Gasteiger charge is 2.64. The third-order valence-electron chi connectivity index (χ3n) is 2.51. The van der Waals surface area contributed by atoms with Gasteiger partial charge >= 0.3 is 18.0 Å². The molecule has 1 heterocycles. The molecule has 0 aromatic heterocycles. The summed E-state index contributed by atoms with van der Waals surface area (Å²) in [6.07, 6.45) is -5.46. The summed E-state index contributed by atoms with van der Waals surface area (Å²) in [6.45, 7) is -0.211. The summed E-state index contributed by atoms with van der Waals surface area (Å²) in [7, 11) is 1.56. The summed E-state index contributed by atoms with van der Waals surface area (Å²) < 4.78 is 61.1. The molecule has 1 aliphatic heterocycles. The van der Waals surface area contributed by atoms with Crippen LogP contribution in [0.2, 0.25) is 0 Å². The number of hydrogen-bond donors (Lipinski definition) is 1. The van der Waals surface area contributed by atoms with E-state index in [2.05, 4.69) is 5.32 Å². The molecule has 1 atom stereocenters. The zero-order chi connectivity index (χ0) is 12.6. The number of alkyl halides is 5. The van der Waals surface area contributed by atoms with Crippen LogP contribution in [-0.4, -0.2) is 49.1 Å². The fourth-order valence-corrected chi connectivity index (χ4v) is 1.50. The summed E-state index contributed by atoms with van der Waals surface area (Å²) in [6, 6.07) is -0.229. The van der Waals surface area contributed by atoms with Gasteiger partial charge in [0, 0.05) is 19.1 Å². The first kappa shape index (κ1) is 13.1. The van der Waals surface area contributed by atoms with Crippen molar-refractivity contribution in [2.45, 2.75) is 24.6 Å². The second kappa shape index (κ2) is 4.15. The largest absolute Gasteiger partial charge is 0.463 e. The molecule has 0 radical (unpaired) electrons. The molecule has 0 aromatic rings. The summed E-state index contributed by atoms with van der Waals surface area (Å²) in [5.74, 6) is -7.46. The minimum absolute atomic E-state index is 0.0873. The Morgan fingerprint density at radius 1 is 1.31 bits per heavy atom. The van der Waals surface area contributed by atoms with Crippen LogP contribution in [0, 0.1) is 0 Å². The number of likely N-dealkylation sites (N-methyl/N-ethyl adjacent to an activating group) is 1. The van der Waals surface area contributed by atoms with Crippen LogP contribution in [0.15, 0.2) is 0 Å². The van der Waals surface area contributed by atoms with Gasteiger partial charge in [-0.1, -0.05) is 0 Å². The van der Waals surface area contributed by atoms with Crippen LogP contribution in [-0.2, 0) is 4.79 Å². The van der Waals surface area contributed by atoms with Crippen LogP contribution in [0.1, 0.15) is 6.42 Å². The topological polar surface area (TPSA) is 32.3 Å². The van der Waals surface area contributed by atoms with E-state index < -0.39 is 18.0 Å². The molecule has 1 saturated heterocycles. The molecule has 0 spiro atoms. The van der Waals surface area contributed by atoms with Crippen LogP contribution in [0.25, 0.3) is 0 Å². The Kier molecular flexibility index (Phi) is 3.41. The quantitative estimate of drug-likeness (QED) is 0.737. The number of hydrogen-bond acceptors (Lipinski definition) is 2. The van der Waals surface area contributed by atoms with Crippen molar-refractivity contribution in [3.8, 4) is 0 Å². The molecule has 1 fully saturated rings. The number of nitrogens with one attached hydrogen (secondary N) is 1. The predicted octanol–water partition coefficient (Wildman–Crippen LogP) is 1.00. The molecule has 0 aliphatic carbocycles. The maximum atomic E-state index is 12.7. The molecule has 16 heavy (non-hydrogen) atoms. The Balaban J connectivity index is 2.72. The lowest BCUT2D eigenvalue weighted by atomic mass is 10.3. The third kappa shape index (κ3) is 2.26. The van der Waals surface area contributed by atoms with Gasteiger partial charge < -0.3 is 10.2 Å². The normalized spacial score (nSPS) is 22.6. The number of nitrogens with zero attached hydrogens (tertiary/aromatic N) is 1. The van der Waals surface area contributed by atoms with Crippen LogP contribution in [0.4, 0.5) is 22.0 Å². The van der Waals surface area contributed by atoms with Gasteiger partial charge in [0.25, 0.3) is 0 Å². The van der Waals surface area contributed by atoms with E-state index in [0.717, 1.165) is 0 Å². The van der Waals surface area contributed by atoms with E-state index in [1.54, 1.807) is 7.05 Å². The summed E-state index contributed by atoms with van der Waals surface area (Å²) in [5, 5.41) is 2.72. The zero-order valence-corrected chi connectivity index (χ0v) is 8.44. The Labute approximate surface area is 88.6 Å². The minimum atomic E-state index is -5.83. The molecule has 1 unspecified atom stereocenters. The van der Waals surface area contributed by atoms with Crippen LogP contribution in [0.5, 0.6) is 0 Å². The lowest BCUT2D eigenvalue weighted by molar-refractivity contribution is -0.274. The van der Waals surface area contributed by atoms with Gasteiger partial charge in [-0.05, 0) is 13.5 Å². The fourth-order valence-electron chi connectivity index (χ4n) is 1.50. The van der Waals surface area contributed by atoms with Crippen molar-refractivity contribution in [1.82, 2.24) is 10.2 Å². The van der Waals surface area contributed by atoms with Crippen molar-refractivity contribution in [2.75, 3.05) is 20.1 Å². The minimum Gasteiger partial charge on any atom is -0.336 e. The lowest BCUT2D eigenvalue weighted by Crippen LogP contribution is -2.51. The summed E-state index contributed by atoms with van der Waals surface area (Å²) >= 11 is 0. The van der Waals surface area contributed by atoms with Crippen molar-refractivity contribution in [1.29, 1.82) is 0 Å². The van der Waals surface area contributed by atoms with E-state index in [0.29, 0.717) is 11.3 Å². The van der Waals surface area contributed by atoms with Gasteiger partial charge in [0.05, 0.1) is 0 Å². The molecule has 1 amide bonds. The monoisotopic (exact) mass is 246 g/mol. The molecule has 94 valence electrons. The average molecular weight is 246 g/mol. The van der Waals surface area contributed by atoms with E-state index in [1.165, 1.54) is 0 Å². The highest BCUT2D eigenvalue weighted by Crippen LogP contribution is 2.37. The van der Waals surface area contributed by atoms with Gasteiger partial charge in [0.2, 0.25) is 0 Å². The number of carbonyl (C=O) groups excluding carboxylic acids is 1. The van der Waals surface area contributed by atoms with E-state index in [4.69, 9.17) is 0 Å². The second-order valence-corrected chi connectivity index (χ2v) is 3.60. The van der Waals surface area contributed by atoms with Gasteiger partial charge in [-0.2, -0.15) is 22.0 Å². The highest BCUT2D eigenvalue weighted by molar-refractivity contribution is 5.84. The molecule has 0 bridgehead atoms. The fraction of sp³-hybridized carbons (Fsp3) is 0.875. The molecule has 1 N–H and O–H groups in total. The number of rotatable bonds is 2. The van der Waals surface area contributed by atoms with Crippen LogP contribution in [0.3, 0.4) is 0 Å². The van der Waals surface area contributed by atoms with E-state index in [1.807, 2.05) is 0 Å². The molecular formula is C8H11F5N2O. The Morgan fingerprint density at radius 2 is 1.88 bits per heavy atom. The number of halogens is 5. The first-order valence-electron chi connectivity index (χ1n) is 4.61. The number of carbonyl (C=O) groups is 1. The van der Waals surface area contributed by atoms with Crippen molar-refractivity contribution in [3.63, 3.8) is 0 Å². The van der Waals surface area contributed by atoms with E-state index in [9.17, 15) is 26.7 Å². The van der Waals surface area contributed by atoms with Gasteiger partial charge in [0.15, 0.2) is 0 Å². The maximum absolute atomic E-state index is 12.7. The van der Waals surface area contributed by atoms with Crippen molar-refractivity contribution >= 4 is 5.91 Å². The molecule has 8 heteroatoms. The Hall–Kier alpha value is -0.920. The molecule has 0 saturated carbocycles. The standard InChI is InChI=1S/C8H11F5N2O/c1-14-5-2-3-15(4-5)6(16)7(9,10)8(11,12)13/h5,14H,2-4H2,1H3. The maximum Gasteiger partial charge on any atom is 0.463 e. The summed E-state index contributed by atoms with van der Waals surface area (Å²) in [4.78, 5) is 11.5. The van der Waals surface area contributed by atoms with Crippen LogP contribution >= 0.6 is 0 Å². The molecule has 3 nitrogen and oxygen atoms in total. The van der Waals surface area contributed by atoms with Crippen LogP contribution < -0.4 is 5.32 Å². The first-order chi connectivity index (χ1) is 7.20. The van der Waals surface area contributed by atoms with Crippen molar-refractivity contribution in [2.24, 2.45) is 0 Å². The molecule has 1 aliphatic rings. The molecule has 1 rings (SSSR count). The summed E-state index contributed by atoms with van der Waals surface area (Å²) in [5.41, 5.74) is 0. The smallest absolute Gasteiger partial charge is 0.336 e. The van der Waals surface area contributed by atoms with Gasteiger partial charge in [-0.25, -0.2) is 0 Å². The SMILES string of the molecule is CNC1CCN(C(=O)C(F)(F)C(F)(F)F)C1. The predicted molar refractivity (Wildman–Crippen MR) is 45.0 cm³/mol. The molecule has 0 aromatic carbocycles. The van der Waals surface area contributed by atoms with Crippen molar-refractivity contribution < 1.29 is 26.7 Å². The number of likely N-dealkylation sites (tertiary alicyclic amines) is 1. The lowest BCUT2D eigenvalue weighted by Gasteiger charge is -2.24. The van der Waals surface area contributed by atoms with Gasteiger partial charge in [-0.15, -0.1) is 0 Å². The number of amides is 1. The Bertz CT molecular complexity index is 278. The Morgan fingerprint density at radius 3 is 2.25 bits per heavy atom. The average Bonchev–Trinajstić information content (AvgIpc) is 2.62. The second-order valence-electron chi connectivity index (χ2n) is 3.60. The highest BCUT2D eigenvalue weighted by atomic mass is 19.4. The van der Waals surface area contributed by atoms with Crippen molar-refractivity contribution in [3.05, 3.63) is 0 Å².